The van der Waals surface area contributed by atoms with Gasteiger partial charge in [-0.05, 0) is 0 Å². The van der Waals surface area contributed by atoms with Crippen LogP contribution >= 0.6 is 24.0 Å². The molecule has 3 rings (SSSR count). The maximum absolute atomic E-state index is 2.28. The van der Waals surface area contributed by atoms with Crippen LogP contribution in [0, 0.1) is 0 Å². The van der Waals surface area contributed by atoms with Gasteiger partial charge in [0, 0.05) is 0 Å². The summed E-state index contributed by atoms with van der Waals surface area (Å²) < 4.78 is 0. The van der Waals surface area contributed by atoms with Gasteiger partial charge in [0.25, 0.3) is 0 Å². The van der Waals surface area contributed by atoms with Gasteiger partial charge >= 0.3 is 148 Å². The minimum atomic E-state index is -0.0597. The first-order valence-electron chi connectivity index (χ1n) is 8.24. The van der Waals surface area contributed by atoms with Crippen LogP contribution in [0.2, 0.25) is 5.21 Å². The van der Waals surface area contributed by atoms with E-state index in [2.05, 4.69) is 91.0 Å². The molecule has 0 heterocycles. The molecule has 3 aromatic rings. The standard InChI is InChI=1S/C22H23As.HI/c23-18-10-17-22(19-11-4-1-5-12-19,20-13-6-2-7-14-20)21-15-8-3-9-16-21;/h1-9,11-16H,10,17-18,23H2;1H. The predicted octanol–water partition coefficient (Wildman–Crippen LogP) is 5.47. The molecule has 0 radical (unpaired) electrons. The molecule has 0 aliphatic carbocycles. The molecule has 1 unspecified atom stereocenters. The SMILES string of the molecule is I.[AsH2]CCCC(c1ccccc1)(c1ccccc1)c1ccccc1. The maximum atomic E-state index is 2.28. The third-order valence-electron chi connectivity index (χ3n) is 4.56. The molecule has 1 atom stereocenters. The van der Waals surface area contributed by atoms with Crippen molar-refractivity contribution >= 4 is 40.8 Å². The van der Waals surface area contributed by atoms with Crippen LogP contribution in [0.15, 0.2) is 91.0 Å². The van der Waals surface area contributed by atoms with E-state index < -0.39 is 0 Å². The summed E-state index contributed by atoms with van der Waals surface area (Å²) >= 11 is 1.82. The first-order chi connectivity index (χ1) is 11.4. The van der Waals surface area contributed by atoms with Crippen molar-refractivity contribution in [3.63, 3.8) is 0 Å². The Hall–Kier alpha value is -1.05. The second-order valence-corrected chi connectivity index (χ2v) is 7.11. The number of halogens is 1. The zero-order valence-electron chi connectivity index (χ0n) is 13.8. The molecule has 0 bridgehead atoms. The normalized spacial score (nSPS) is 10.9. The molecule has 0 aliphatic rings. The van der Waals surface area contributed by atoms with E-state index in [0.29, 0.717) is 0 Å². The van der Waals surface area contributed by atoms with Crippen molar-refractivity contribution in [3.05, 3.63) is 108 Å². The Balaban J connectivity index is 0.00000208. The van der Waals surface area contributed by atoms with Crippen molar-refractivity contribution in [2.75, 3.05) is 0 Å². The summed E-state index contributed by atoms with van der Waals surface area (Å²) in [5.74, 6) is 0. The molecule has 0 saturated carbocycles. The molecular weight excluding hydrogens is 466 g/mol. The molecule has 0 aliphatic heterocycles. The van der Waals surface area contributed by atoms with Crippen LogP contribution in [-0.2, 0) is 5.41 Å². The molecule has 0 fully saturated rings. The van der Waals surface area contributed by atoms with Crippen molar-refractivity contribution in [1.29, 1.82) is 0 Å². The third-order valence-corrected chi connectivity index (χ3v) is 5.41. The molecule has 0 aromatic heterocycles. The number of hydrogen-bond donors (Lipinski definition) is 0. The van der Waals surface area contributed by atoms with E-state index in [1.54, 1.807) is 0 Å². The van der Waals surface area contributed by atoms with Crippen molar-refractivity contribution < 1.29 is 0 Å². The van der Waals surface area contributed by atoms with Crippen molar-refractivity contribution in [3.8, 4) is 0 Å². The van der Waals surface area contributed by atoms with E-state index in [4.69, 9.17) is 0 Å². The summed E-state index contributed by atoms with van der Waals surface area (Å²) in [5.41, 5.74) is 4.10. The average Bonchev–Trinajstić information content (AvgIpc) is 2.65. The third kappa shape index (κ3) is 3.95. The Morgan fingerprint density at radius 2 is 0.917 bits per heavy atom. The Bertz CT molecular complexity index is 614. The van der Waals surface area contributed by atoms with E-state index >= 15 is 0 Å². The van der Waals surface area contributed by atoms with Crippen molar-refractivity contribution in [2.24, 2.45) is 0 Å². The molecule has 24 heavy (non-hydrogen) atoms. The van der Waals surface area contributed by atoms with Gasteiger partial charge in [0.2, 0.25) is 0 Å². The van der Waals surface area contributed by atoms with E-state index in [1.807, 2.05) is 16.9 Å². The zero-order valence-corrected chi connectivity index (χ0v) is 18.5. The van der Waals surface area contributed by atoms with E-state index in [0.717, 1.165) is 6.42 Å². The predicted molar refractivity (Wildman–Crippen MR) is 117 cm³/mol. The zero-order chi connectivity index (χ0) is 16.0. The monoisotopic (exact) mass is 490 g/mol. The van der Waals surface area contributed by atoms with Crippen LogP contribution in [0.25, 0.3) is 0 Å². The quantitative estimate of drug-likeness (QED) is 0.244. The van der Waals surface area contributed by atoms with Crippen LogP contribution in [0.4, 0.5) is 0 Å². The molecule has 0 amide bonds. The van der Waals surface area contributed by atoms with Gasteiger partial charge in [-0.15, -0.1) is 24.0 Å². The fourth-order valence-corrected chi connectivity index (χ4v) is 3.90. The second kappa shape index (κ2) is 9.44. The fourth-order valence-electron chi connectivity index (χ4n) is 3.47. The molecule has 0 N–H and O–H groups in total. The van der Waals surface area contributed by atoms with Crippen LogP contribution in [0.3, 0.4) is 0 Å². The van der Waals surface area contributed by atoms with Crippen molar-refractivity contribution in [2.45, 2.75) is 23.5 Å². The van der Waals surface area contributed by atoms with Gasteiger partial charge in [0.05, 0.1) is 0 Å². The van der Waals surface area contributed by atoms with E-state index in [-0.39, 0.29) is 29.4 Å². The fraction of sp³-hybridized carbons (Fsp3) is 0.182. The number of rotatable bonds is 6. The second-order valence-electron chi connectivity index (χ2n) is 5.90. The van der Waals surface area contributed by atoms with Gasteiger partial charge in [0.1, 0.15) is 0 Å². The van der Waals surface area contributed by atoms with Gasteiger partial charge in [-0.3, -0.25) is 0 Å². The van der Waals surface area contributed by atoms with Gasteiger partial charge < -0.3 is 0 Å². The Labute approximate surface area is 171 Å². The molecule has 2 heteroatoms. The van der Waals surface area contributed by atoms with Gasteiger partial charge in [-0.1, -0.05) is 0 Å². The Morgan fingerprint density at radius 1 is 0.583 bits per heavy atom. The molecular formula is C22H24AsI. The van der Waals surface area contributed by atoms with Crippen LogP contribution in [-0.4, -0.2) is 16.9 Å². The minimum absolute atomic E-state index is 0. The van der Waals surface area contributed by atoms with Crippen LogP contribution < -0.4 is 0 Å². The Kier molecular flexibility index (Phi) is 7.58. The Morgan fingerprint density at radius 3 is 1.21 bits per heavy atom. The summed E-state index contributed by atoms with van der Waals surface area (Å²) in [6, 6.07) is 32.9. The van der Waals surface area contributed by atoms with E-state index in [9.17, 15) is 0 Å². The summed E-state index contributed by atoms with van der Waals surface area (Å²) in [6.45, 7) is 0. The topological polar surface area (TPSA) is 0 Å². The number of benzene rings is 3. The van der Waals surface area contributed by atoms with Gasteiger partial charge in [-0.25, -0.2) is 0 Å². The van der Waals surface area contributed by atoms with Crippen LogP contribution in [0.1, 0.15) is 29.5 Å². The van der Waals surface area contributed by atoms with E-state index in [1.165, 1.54) is 28.3 Å². The average molecular weight is 490 g/mol. The molecule has 0 spiro atoms. The summed E-state index contributed by atoms with van der Waals surface area (Å²) in [6.07, 6.45) is 2.38. The molecule has 0 saturated heterocycles. The molecule has 3 aromatic carbocycles. The molecule has 0 nitrogen and oxygen atoms in total. The first kappa shape index (κ1) is 19.3. The van der Waals surface area contributed by atoms with Crippen molar-refractivity contribution in [1.82, 2.24) is 0 Å². The summed E-state index contributed by atoms with van der Waals surface area (Å²) in [4.78, 5) is 0. The first-order valence-corrected chi connectivity index (χ1v) is 9.96. The van der Waals surface area contributed by atoms with Gasteiger partial charge in [0.15, 0.2) is 0 Å². The summed E-state index contributed by atoms with van der Waals surface area (Å²) in [5, 5.41) is 1.27. The van der Waals surface area contributed by atoms with Crippen LogP contribution in [0.5, 0.6) is 0 Å². The molecule has 124 valence electrons. The van der Waals surface area contributed by atoms with Gasteiger partial charge in [-0.2, -0.15) is 0 Å². The number of hydrogen-bond acceptors (Lipinski definition) is 0. The summed E-state index contributed by atoms with van der Waals surface area (Å²) in [7, 11) is 0.